The number of benzene rings is 10. The summed E-state index contributed by atoms with van der Waals surface area (Å²) in [5.74, 6) is 20.1. The Morgan fingerprint density at radius 3 is 1.58 bits per heavy atom. The van der Waals surface area contributed by atoms with E-state index >= 15 is 0 Å². The summed E-state index contributed by atoms with van der Waals surface area (Å²) in [7, 11) is 0. The molecule has 0 fully saturated rings. The molecular weight excluding hydrogens is 1060 g/mol. The minimum atomic E-state index is 1.00. The molecule has 3 aliphatic rings. The SMILES string of the molecule is C(#Cc1ccc2cc3cc(/C=C/c4ccc5cc6cc(C#Cc7ccc8c(c7)=CCCC=8)ccc6cc5c4)ccc3cc2c1)c1ccc2c(c1)C=CCC2.C/C=C/C=C/C=C/c1ccc(C)cc1.CC/C=C1/C=CC(C#Cc2ccc(C)c(CC)c2)=CC1. The zero-order chi connectivity index (χ0) is 60.4. The number of rotatable bonds is 7. The minimum absolute atomic E-state index is 1.00. The van der Waals surface area contributed by atoms with Crippen LogP contribution < -0.4 is 10.4 Å². The zero-order valence-electron chi connectivity index (χ0n) is 51.4. The van der Waals surface area contributed by atoms with Gasteiger partial charge in [0.25, 0.3) is 0 Å². The van der Waals surface area contributed by atoms with Gasteiger partial charge in [-0.25, -0.2) is 0 Å². The molecule has 0 saturated carbocycles. The zero-order valence-corrected chi connectivity index (χ0v) is 51.4. The molecule has 0 amide bonds. The molecule has 0 heterocycles. The lowest BCUT2D eigenvalue weighted by Gasteiger charge is -2.09. The summed E-state index contributed by atoms with van der Waals surface area (Å²) in [6.45, 7) is 10.6. The number of allylic oxidation sites excluding steroid dienone is 12. The molecule has 0 aromatic heterocycles. The minimum Gasteiger partial charge on any atom is -0.0877 e. The van der Waals surface area contributed by atoms with Crippen molar-refractivity contribution in [2.45, 2.75) is 79.6 Å². The molecule has 0 saturated heterocycles. The first-order valence-electron chi connectivity index (χ1n) is 31.2. The molecule has 10 aromatic carbocycles. The first-order chi connectivity index (χ1) is 43.2. The quantitative estimate of drug-likeness (QED) is 0.0646. The van der Waals surface area contributed by atoms with Crippen molar-refractivity contribution >= 4 is 79.5 Å². The highest BCUT2D eigenvalue weighted by Gasteiger charge is 2.07. The van der Waals surface area contributed by atoms with Crippen molar-refractivity contribution < 1.29 is 0 Å². The maximum atomic E-state index is 3.40. The molecule has 426 valence electrons. The fourth-order valence-corrected chi connectivity index (χ4v) is 11.3. The highest BCUT2D eigenvalue weighted by molar-refractivity contribution is 6.01. The lowest BCUT2D eigenvalue weighted by atomic mass is 9.95. The van der Waals surface area contributed by atoms with E-state index in [2.05, 4.69) is 306 Å². The molecule has 10 aromatic rings. The Labute approximate surface area is 522 Å². The molecule has 0 atom stereocenters. The molecule has 0 spiro atoms. The van der Waals surface area contributed by atoms with Crippen LogP contribution in [0.25, 0.3) is 79.5 Å². The Morgan fingerprint density at radius 1 is 0.409 bits per heavy atom. The second-order valence-corrected chi connectivity index (χ2v) is 22.9. The molecule has 13 rings (SSSR count). The van der Waals surface area contributed by atoms with Gasteiger partial charge in [0.05, 0.1) is 0 Å². The summed E-state index contributed by atoms with van der Waals surface area (Å²) in [5.41, 5.74) is 18.2. The molecule has 0 nitrogen and oxygen atoms in total. The number of aryl methyl sites for hydroxylation is 4. The first-order valence-corrected chi connectivity index (χ1v) is 31.2. The maximum Gasteiger partial charge on any atom is 0.0255 e. The molecule has 0 heteroatoms. The number of fused-ring (bicyclic) bond motifs is 6. The smallest absolute Gasteiger partial charge is 0.0255 e. The molecule has 88 heavy (non-hydrogen) atoms. The Morgan fingerprint density at radius 2 is 0.955 bits per heavy atom. The second kappa shape index (κ2) is 29.1. The summed E-state index contributed by atoms with van der Waals surface area (Å²) in [4.78, 5) is 0. The Kier molecular flexibility index (Phi) is 19.6. The van der Waals surface area contributed by atoms with Crippen molar-refractivity contribution in [3.8, 4) is 35.5 Å². The molecule has 0 bridgehead atoms. The molecule has 0 aliphatic heterocycles. The van der Waals surface area contributed by atoms with Crippen molar-refractivity contribution in [2.75, 3.05) is 0 Å². The highest BCUT2D eigenvalue weighted by atomic mass is 14.1. The fraction of sp³-hybridized carbons (Fsp3) is 0.136. The topological polar surface area (TPSA) is 0 Å². The predicted molar refractivity (Wildman–Crippen MR) is 383 cm³/mol. The van der Waals surface area contributed by atoms with Gasteiger partial charge in [-0.3, -0.25) is 0 Å². The number of hydrogen-bond donors (Lipinski definition) is 0. The van der Waals surface area contributed by atoms with Gasteiger partial charge in [-0.15, -0.1) is 0 Å². The molecule has 0 radical (unpaired) electrons. The van der Waals surface area contributed by atoms with E-state index < -0.39 is 0 Å². The van der Waals surface area contributed by atoms with Crippen LogP contribution >= 0.6 is 0 Å². The standard InChI is InChI=1S/C54H36.C20H22.C14H16/c1-3-7-45-27-37(15-21-43(45)5-1)9-11-39-17-23-47-35-53-31-41(19-25-49(53)33-51(47)29-39)13-14-42-20-26-50-34-52-30-40(18-24-48(52)36-54(50)32-42)12-10-38-16-22-44-6-2-4-8-46(44)28-38;1-4-6-17-9-11-18(12-10-17)13-14-19-8-7-16(3)20(5-2)15-19;1-3-4-5-6-7-8-14-11-9-13(2)10-12-14/h3,6-8,13-36H,1-2,4-5H2;6-9,11-12,15H,4-5,10H2,1-3H3;3-12H,1-2H3/b14-13+;17-6-;4-3+,6-5+,8-7+. The molecule has 0 N–H and O–H groups in total. The summed E-state index contributed by atoms with van der Waals surface area (Å²) >= 11 is 0. The van der Waals surface area contributed by atoms with Crippen molar-refractivity contribution in [1.29, 1.82) is 0 Å². The van der Waals surface area contributed by atoms with Crippen LogP contribution in [0.4, 0.5) is 0 Å². The van der Waals surface area contributed by atoms with Gasteiger partial charge in [-0.2, -0.15) is 0 Å². The molecular formula is C88H74. The van der Waals surface area contributed by atoms with Gasteiger partial charge in [0, 0.05) is 33.4 Å². The van der Waals surface area contributed by atoms with E-state index in [0.717, 1.165) is 78.3 Å². The van der Waals surface area contributed by atoms with Gasteiger partial charge in [0.2, 0.25) is 0 Å². The monoisotopic (exact) mass is 1130 g/mol. The van der Waals surface area contributed by atoms with Crippen LogP contribution in [-0.4, -0.2) is 0 Å². The van der Waals surface area contributed by atoms with Crippen LogP contribution in [0.15, 0.2) is 248 Å². The largest absolute Gasteiger partial charge is 0.0877 e. The van der Waals surface area contributed by atoms with Gasteiger partial charge in [0.15, 0.2) is 0 Å². The van der Waals surface area contributed by atoms with E-state index in [0.29, 0.717) is 0 Å². The van der Waals surface area contributed by atoms with E-state index in [1.807, 2.05) is 37.3 Å². The van der Waals surface area contributed by atoms with Gasteiger partial charge in [0.1, 0.15) is 0 Å². The van der Waals surface area contributed by atoms with Crippen molar-refractivity contribution in [3.05, 3.63) is 331 Å². The average molecular weight is 1130 g/mol. The average Bonchev–Trinajstić information content (AvgIpc) is 2.53. The van der Waals surface area contributed by atoms with Crippen molar-refractivity contribution in [2.24, 2.45) is 0 Å². The lowest BCUT2D eigenvalue weighted by Crippen LogP contribution is -2.26. The van der Waals surface area contributed by atoms with Gasteiger partial charge in [-0.1, -0.05) is 225 Å². The third-order valence-electron chi connectivity index (χ3n) is 16.3. The summed E-state index contributed by atoms with van der Waals surface area (Å²) in [6.07, 6.45) is 42.2. The first kappa shape index (κ1) is 59.3. The van der Waals surface area contributed by atoms with Crippen LogP contribution in [0.3, 0.4) is 0 Å². The van der Waals surface area contributed by atoms with Crippen LogP contribution in [0.2, 0.25) is 0 Å². The third-order valence-corrected chi connectivity index (χ3v) is 16.3. The Balaban J connectivity index is 0.000000192. The van der Waals surface area contributed by atoms with Gasteiger partial charge in [-0.05, 0) is 267 Å². The van der Waals surface area contributed by atoms with Crippen LogP contribution in [0, 0.1) is 49.4 Å². The normalized spacial score (nSPS) is 13.6. The van der Waals surface area contributed by atoms with E-state index in [1.165, 1.54) is 104 Å². The summed E-state index contributed by atoms with van der Waals surface area (Å²) in [6, 6.07) is 63.7. The second-order valence-electron chi connectivity index (χ2n) is 22.9. The van der Waals surface area contributed by atoms with Gasteiger partial charge < -0.3 is 0 Å². The van der Waals surface area contributed by atoms with E-state index in [1.54, 1.807) is 0 Å². The molecule has 0 unspecified atom stereocenters. The van der Waals surface area contributed by atoms with Crippen molar-refractivity contribution in [1.82, 2.24) is 0 Å². The predicted octanol–water partition coefficient (Wildman–Crippen LogP) is 20.9. The van der Waals surface area contributed by atoms with Gasteiger partial charge >= 0.3 is 0 Å². The lowest BCUT2D eigenvalue weighted by molar-refractivity contribution is 0.985. The summed E-state index contributed by atoms with van der Waals surface area (Å²) in [5, 5.41) is 12.4. The van der Waals surface area contributed by atoms with E-state index in [9.17, 15) is 0 Å². The third kappa shape index (κ3) is 15.9. The summed E-state index contributed by atoms with van der Waals surface area (Å²) < 4.78 is 0. The van der Waals surface area contributed by atoms with Crippen LogP contribution in [0.5, 0.6) is 0 Å². The molecule has 3 aliphatic carbocycles. The maximum absolute atomic E-state index is 3.40. The fourth-order valence-electron chi connectivity index (χ4n) is 11.3. The van der Waals surface area contributed by atoms with Crippen LogP contribution in [-0.2, 0) is 12.8 Å². The Bertz CT molecular complexity index is 4860. The van der Waals surface area contributed by atoms with E-state index in [4.69, 9.17) is 0 Å². The van der Waals surface area contributed by atoms with Crippen LogP contribution in [0.1, 0.15) is 125 Å². The number of hydrogen-bond acceptors (Lipinski definition) is 0. The highest BCUT2D eigenvalue weighted by Crippen LogP contribution is 2.29. The Hall–Kier alpha value is -10.4. The van der Waals surface area contributed by atoms with E-state index in [-0.39, 0.29) is 0 Å². The van der Waals surface area contributed by atoms with Crippen molar-refractivity contribution in [3.63, 3.8) is 0 Å².